The number of rotatable bonds is 5. The summed E-state index contributed by atoms with van der Waals surface area (Å²) >= 11 is 5.90. The molecule has 6 nitrogen and oxygen atoms in total. The molecule has 0 aliphatic heterocycles. The van der Waals surface area contributed by atoms with E-state index in [0.717, 1.165) is 10.8 Å². The molecular weight excluding hydrogens is 328 g/mol. The molecule has 0 aliphatic rings. The van der Waals surface area contributed by atoms with Crippen LogP contribution < -0.4 is 5.32 Å². The molecule has 124 valence electrons. The predicted octanol–water partition coefficient (Wildman–Crippen LogP) is 3.09. The molecule has 0 bridgehead atoms. The van der Waals surface area contributed by atoms with E-state index in [2.05, 4.69) is 20.5 Å². The largest absolute Gasteiger partial charge is 0.507 e. The number of nitrogens with zero attached hydrogens (tertiary/aromatic N) is 3. The molecule has 2 heterocycles. The lowest BCUT2D eigenvalue weighted by molar-refractivity contribution is 0.244. The fraction of sp³-hybridized carbons (Fsp3) is 0.235. The van der Waals surface area contributed by atoms with Crippen molar-refractivity contribution < 1.29 is 10.2 Å². The summed E-state index contributed by atoms with van der Waals surface area (Å²) in [5.41, 5.74) is 1.11. The van der Waals surface area contributed by atoms with Gasteiger partial charge in [-0.15, -0.1) is 10.2 Å². The number of anilines is 1. The normalized spacial score (nSPS) is 12.3. The quantitative estimate of drug-likeness (QED) is 0.659. The summed E-state index contributed by atoms with van der Waals surface area (Å²) in [6.07, 6.45) is 3.37. The van der Waals surface area contributed by atoms with Crippen LogP contribution in [-0.2, 0) is 0 Å². The van der Waals surface area contributed by atoms with Crippen molar-refractivity contribution in [2.24, 2.45) is 5.92 Å². The maximum absolute atomic E-state index is 10.2. The van der Waals surface area contributed by atoms with Crippen molar-refractivity contribution in [3.8, 4) is 17.0 Å². The van der Waals surface area contributed by atoms with Crippen molar-refractivity contribution in [2.75, 3.05) is 18.5 Å². The first-order valence-corrected chi connectivity index (χ1v) is 7.92. The molecule has 0 saturated carbocycles. The summed E-state index contributed by atoms with van der Waals surface area (Å²) in [6.45, 7) is 2.59. The zero-order valence-corrected chi connectivity index (χ0v) is 13.8. The predicted molar refractivity (Wildman–Crippen MR) is 94.2 cm³/mol. The van der Waals surface area contributed by atoms with Crippen LogP contribution in [0.3, 0.4) is 0 Å². The second kappa shape index (κ2) is 6.98. The highest BCUT2D eigenvalue weighted by Crippen LogP contribution is 2.35. The van der Waals surface area contributed by atoms with Gasteiger partial charge in [0.1, 0.15) is 11.4 Å². The van der Waals surface area contributed by atoms with Gasteiger partial charge in [-0.1, -0.05) is 18.5 Å². The first-order valence-electron chi connectivity index (χ1n) is 7.54. The van der Waals surface area contributed by atoms with Gasteiger partial charge in [0.05, 0.1) is 0 Å². The van der Waals surface area contributed by atoms with Crippen LogP contribution in [0.15, 0.2) is 36.7 Å². The molecular formula is C17H17ClN4O2. The van der Waals surface area contributed by atoms with Crippen LogP contribution in [0.25, 0.3) is 22.0 Å². The molecule has 0 fully saturated rings. The molecule has 0 amide bonds. The Labute approximate surface area is 144 Å². The highest BCUT2D eigenvalue weighted by molar-refractivity contribution is 6.30. The van der Waals surface area contributed by atoms with Crippen molar-refractivity contribution >= 4 is 28.2 Å². The molecule has 0 spiro atoms. The first kappa shape index (κ1) is 16.4. The van der Waals surface area contributed by atoms with Crippen molar-refractivity contribution in [3.05, 3.63) is 41.7 Å². The topological polar surface area (TPSA) is 91.2 Å². The van der Waals surface area contributed by atoms with Gasteiger partial charge in [0.15, 0.2) is 5.82 Å². The summed E-state index contributed by atoms with van der Waals surface area (Å²) < 4.78 is 0. The lowest BCUT2D eigenvalue weighted by Gasteiger charge is -2.13. The average Bonchev–Trinajstić information content (AvgIpc) is 2.60. The second-order valence-electron chi connectivity index (χ2n) is 5.65. The van der Waals surface area contributed by atoms with Crippen LogP contribution in [-0.4, -0.2) is 38.5 Å². The molecule has 1 aromatic carbocycles. The van der Waals surface area contributed by atoms with Crippen LogP contribution in [0, 0.1) is 5.92 Å². The van der Waals surface area contributed by atoms with Gasteiger partial charge in [0.25, 0.3) is 0 Å². The van der Waals surface area contributed by atoms with Gasteiger partial charge in [-0.2, -0.15) is 0 Å². The first-order chi connectivity index (χ1) is 11.6. The number of halogens is 1. The number of benzene rings is 1. The number of aromatic nitrogens is 3. The molecule has 7 heteroatoms. The number of hydrogen-bond acceptors (Lipinski definition) is 6. The van der Waals surface area contributed by atoms with Crippen LogP contribution in [0.5, 0.6) is 5.75 Å². The number of hydrogen-bond donors (Lipinski definition) is 3. The monoisotopic (exact) mass is 344 g/mol. The Morgan fingerprint density at radius 1 is 1.21 bits per heavy atom. The third kappa shape index (κ3) is 3.25. The minimum Gasteiger partial charge on any atom is -0.507 e. The highest BCUT2D eigenvalue weighted by atomic mass is 35.5. The van der Waals surface area contributed by atoms with Crippen LogP contribution in [0.4, 0.5) is 5.82 Å². The number of phenolic OH excluding ortho intramolecular Hbond substituents is 1. The smallest absolute Gasteiger partial charge is 0.158 e. The van der Waals surface area contributed by atoms with Crippen molar-refractivity contribution in [3.63, 3.8) is 0 Å². The standard InChI is InChI=1S/C17H17ClN4O2/c1-10(9-23)7-20-17-14-8-19-5-4-12(14)16(21-22-17)13-3-2-11(18)6-15(13)24/h2-6,8,10,23-24H,7,9H2,1H3,(H,20,22). The highest BCUT2D eigenvalue weighted by Gasteiger charge is 2.14. The van der Waals surface area contributed by atoms with E-state index >= 15 is 0 Å². The van der Waals surface area contributed by atoms with Gasteiger partial charge in [-0.25, -0.2) is 0 Å². The number of aromatic hydroxyl groups is 1. The maximum Gasteiger partial charge on any atom is 0.158 e. The Morgan fingerprint density at radius 2 is 2.04 bits per heavy atom. The number of aliphatic hydroxyl groups is 1. The van der Waals surface area contributed by atoms with Gasteiger partial charge in [-0.3, -0.25) is 4.98 Å². The maximum atomic E-state index is 10.2. The number of nitrogens with one attached hydrogen (secondary N) is 1. The summed E-state index contributed by atoms with van der Waals surface area (Å²) in [5.74, 6) is 0.735. The van der Waals surface area contributed by atoms with Gasteiger partial charge >= 0.3 is 0 Å². The van der Waals surface area contributed by atoms with E-state index in [1.807, 2.05) is 13.0 Å². The van der Waals surface area contributed by atoms with E-state index in [9.17, 15) is 5.11 Å². The molecule has 0 saturated heterocycles. The Kier molecular flexibility index (Phi) is 4.78. The fourth-order valence-electron chi connectivity index (χ4n) is 2.37. The van der Waals surface area contributed by atoms with Crippen molar-refractivity contribution in [1.29, 1.82) is 0 Å². The molecule has 1 unspecified atom stereocenters. The van der Waals surface area contributed by atoms with Gasteiger partial charge in [-0.05, 0) is 30.2 Å². The molecule has 1 atom stereocenters. The number of aliphatic hydroxyl groups excluding tert-OH is 1. The van der Waals surface area contributed by atoms with Crippen LogP contribution in [0.2, 0.25) is 5.02 Å². The minimum atomic E-state index is 0.0459. The molecule has 0 radical (unpaired) electrons. The number of fused-ring (bicyclic) bond motifs is 1. The number of phenols is 1. The molecule has 0 aliphatic carbocycles. The van der Waals surface area contributed by atoms with E-state index in [4.69, 9.17) is 16.7 Å². The zero-order chi connectivity index (χ0) is 17.1. The third-order valence-corrected chi connectivity index (χ3v) is 3.96. The molecule has 2 aromatic heterocycles. The van der Waals surface area contributed by atoms with Gasteiger partial charge in [0, 0.05) is 46.9 Å². The average molecular weight is 345 g/mol. The summed E-state index contributed by atoms with van der Waals surface area (Å²) in [6, 6.07) is 6.71. The second-order valence-corrected chi connectivity index (χ2v) is 6.09. The summed E-state index contributed by atoms with van der Waals surface area (Å²) in [5, 5.41) is 33.1. The molecule has 3 rings (SSSR count). The molecule has 3 aromatic rings. The van der Waals surface area contributed by atoms with E-state index in [1.54, 1.807) is 24.5 Å². The summed E-state index contributed by atoms with van der Waals surface area (Å²) in [4.78, 5) is 4.15. The Morgan fingerprint density at radius 3 is 2.79 bits per heavy atom. The van der Waals surface area contributed by atoms with Gasteiger partial charge < -0.3 is 15.5 Å². The summed E-state index contributed by atoms with van der Waals surface area (Å²) in [7, 11) is 0. The number of pyridine rings is 1. The van der Waals surface area contributed by atoms with Crippen molar-refractivity contribution in [2.45, 2.75) is 6.92 Å². The SMILES string of the molecule is CC(CO)CNc1nnc(-c2ccc(Cl)cc2O)c2ccncc12. The fourth-order valence-corrected chi connectivity index (χ4v) is 2.53. The van der Waals surface area contributed by atoms with Gasteiger partial charge in [0.2, 0.25) is 0 Å². The van der Waals surface area contributed by atoms with Crippen molar-refractivity contribution in [1.82, 2.24) is 15.2 Å². The van der Waals surface area contributed by atoms with E-state index in [1.165, 1.54) is 6.07 Å². The Hall–Kier alpha value is -2.44. The zero-order valence-electron chi connectivity index (χ0n) is 13.1. The van der Waals surface area contributed by atoms with E-state index in [0.29, 0.717) is 28.6 Å². The molecule has 3 N–H and O–H groups in total. The Balaban J connectivity index is 2.08. The lowest BCUT2D eigenvalue weighted by atomic mass is 10.1. The Bertz CT molecular complexity index is 872. The van der Waals surface area contributed by atoms with E-state index in [-0.39, 0.29) is 18.3 Å². The minimum absolute atomic E-state index is 0.0459. The van der Waals surface area contributed by atoms with Crippen LogP contribution in [0.1, 0.15) is 6.92 Å². The van der Waals surface area contributed by atoms with Crippen LogP contribution >= 0.6 is 11.6 Å². The third-order valence-electron chi connectivity index (χ3n) is 3.73. The molecule has 24 heavy (non-hydrogen) atoms. The van der Waals surface area contributed by atoms with E-state index < -0.39 is 0 Å². The lowest BCUT2D eigenvalue weighted by Crippen LogP contribution is -2.15.